The molecule has 0 heterocycles. The van der Waals surface area contributed by atoms with E-state index >= 15 is 0 Å². The quantitative estimate of drug-likeness (QED) is 0.657. The molecule has 1 rings (SSSR count). The molecule has 1 amide bonds. The fraction of sp³-hybridized carbons (Fsp3) is 0.231. The van der Waals surface area contributed by atoms with Crippen LogP contribution < -0.4 is 5.32 Å². The fourth-order valence-corrected chi connectivity index (χ4v) is 2.31. The van der Waals surface area contributed by atoms with Crippen LogP contribution >= 0.6 is 0 Å². The van der Waals surface area contributed by atoms with Crippen molar-refractivity contribution in [2.24, 2.45) is 0 Å². The van der Waals surface area contributed by atoms with Crippen LogP contribution in [0.5, 0.6) is 0 Å². The van der Waals surface area contributed by atoms with Gasteiger partial charge in [-0.2, -0.15) is 0 Å². The Morgan fingerprint density at radius 1 is 1.25 bits per heavy atom. The molecule has 0 fully saturated rings. The van der Waals surface area contributed by atoms with Crippen molar-refractivity contribution in [3.63, 3.8) is 0 Å². The summed E-state index contributed by atoms with van der Waals surface area (Å²) < 4.78 is 28.4. The molecule has 0 aliphatic carbocycles. The zero-order valence-corrected chi connectivity index (χ0v) is 11.9. The molecule has 0 unspecified atom stereocenters. The van der Waals surface area contributed by atoms with Gasteiger partial charge >= 0.3 is 5.97 Å². The Balaban J connectivity index is 2.88. The lowest BCUT2D eigenvalue weighted by Crippen LogP contribution is -2.06. The van der Waals surface area contributed by atoms with E-state index in [9.17, 15) is 18.0 Å². The number of hydrogen-bond acceptors (Lipinski definition) is 5. The Labute approximate surface area is 117 Å². The molecule has 1 aromatic rings. The molecule has 108 valence electrons. The van der Waals surface area contributed by atoms with Crippen molar-refractivity contribution in [2.45, 2.75) is 18.7 Å². The highest BCUT2D eigenvalue weighted by atomic mass is 32.2. The van der Waals surface area contributed by atoms with Crippen molar-refractivity contribution < 1.29 is 22.7 Å². The van der Waals surface area contributed by atoms with Gasteiger partial charge in [-0.1, -0.05) is 0 Å². The number of nitrogens with one attached hydrogen (secondary N) is 1. The highest BCUT2D eigenvalue weighted by Gasteiger charge is 2.11. The van der Waals surface area contributed by atoms with Gasteiger partial charge in [0.15, 0.2) is 9.84 Å². The molecular formula is C13H15NO5S. The highest BCUT2D eigenvalue weighted by molar-refractivity contribution is 7.94. The largest absolute Gasteiger partial charge is 0.463 e. The van der Waals surface area contributed by atoms with Crippen LogP contribution in [0.2, 0.25) is 0 Å². The average molecular weight is 297 g/mol. The van der Waals surface area contributed by atoms with Gasteiger partial charge in [-0.25, -0.2) is 13.2 Å². The van der Waals surface area contributed by atoms with E-state index in [2.05, 4.69) is 10.1 Å². The van der Waals surface area contributed by atoms with E-state index in [1.165, 1.54) is 31.2 Å². The maximum Gasteiger partial charge on any atom is 0.331 e. The van der Waals surface area contributed by atoms with E-state index in [-0.39, 0.29) is 17.4 Å². The van der Waals surface area contributed by atoms with E-state index in [1.807, 2.05) is 0 Å². The van der Waals surface area contributed by atoms with Gasteiger partial charge in [0.2, 0.25) is 5.91 Å². The number of carbonyl (C=O) groups is 2. The minimum atomic E-state index is -3.71. The summed E-state index contributed by atoms with van der Waals surface area (Å²) in [7, 11) is -3.71. The molecule has 0 aliphatic heterocycles. The van der Waals surface area contributed by atoms with Crippen LogP contribution in [0.15, 0.2) is 40.6 Å². The molecule has 7 heteroatoms. The van der Waals surface area contributed by atoms with Crippen molar-refractivity contribution in [1.82, 2.24) is 0 Å². The number of hydrogen-bond donors (Lipinski definition) is 1. The Morgan fingerprint density at radius 2 is 1.85 bits per heavy atom. The Morgan fingerprint density at radius 3 is 2.35 bits per heavy atom. The smallest absolute Gasteiger partial charge is 0.331 e. The maximum atomic E-state index is 11.9. The molecule has 0 saturated heterocycles. The fourth-order valence-electron chi connectivity index (χ4n) is 1.35. The molecule has 0 spiro atoms. The van der Waals surface area contributed by atoms with Crippen LogP contribution in [0.4, 0.5) is 5.69 Å². The standard InChI is InChI=1S/C13H15NO5S/c1-3-19-13(16)8-9-20(17,18)12-6-4-11(5-7-12)14-10(2)15/h4-9H,3H2,1-2H3,(H,14,15)/b9-8-. The van der Waals surface area contributed by atoms with Gasteiger partial charge < -0.3 is 10.1 Å². The molecule has 1 N–H and O–H groups in total. The van der Waals surface area contributed by atoms with Gasteiger partial charge in [-0.15, -0.1) is 0 Å². The lowest BCUT2D eigenvalue weighted by molar-refractivity contribution is -0.137. The average Bonchev–Trinajstić information content (AvgIpc) is 2.37. The van der Waals surface area contributed by atoms with E-state index in [0.717, 1.165) is 11.5 Å². The van der Waals surface area contributed by atoms with Crippen LogP contribution in [0.3, 0.4) is 0 Å². The van der Waals surface area contributed by atoms with Gasteiger partial charge in [0, 0.05) is 24.1 Å². The SMILES string of the molecule is CCOC(=O)/C=C\S(=O)(=O)c1ccc(NC(C)=O)cc1. The number of esters is 1. The first-order chi connectivity index (χ1) is 9.35. The highest BCUT2D eigenvalue weighted by Crippen LogP contribution is 2.16. The minimum absolute atomic E-state index is 0.0205. The topological polar surface area (TPSA) is 89.5 Å². The summed E-state index contributed by atoms with van der Waals surface area (Å²) in [6, 6.07) is 5.62. The molecule has 0 aromatic heterocycles. The van der Waals surface area contributed by atoms with Crippen LogP contribution in [0.1, 0.15) is 13.8 Å². The molecule has 0 bridgehead atoms. The number of ether oxygens (including phenoxy) is 1. The normalized spacial score (nSPS) is 11.3. The second kappa shape index (κ2) is 6.85. The molecule has 0 aliphatic rings. The van der Waals surface area contributed by atoms with E-state index in [0.29, 0.717) is 5.69 Å². The van der Waals surface area contributed by atoms with Gasteiger partial charge in [0.05, 0.1) is 11.5 Å². The molecule has 0 radical (unpaired) electrons. The van der Waals surface area contributed by atoms with Crippen LogP contribution in [-0.4, -0.2) is 26.9 Å². The number of carbonyl (C=O) groups excluding carboxylic acids is 2. The first-order valence-electron chi connectivity index (χ1n) is 5.82. The summed E-state index contributed by atoms with van der Waals surface area (Å²) in [5.74, 6) is -0.964. The maximum absolute atomic E-state index is 11.9. The summed E-state index contributed by atoms with van der Waals surface area (Å²) in [5.41, 5.74) is 0.492. The van der Waals surface area contributed by atoms with Gasteiger partial charge in [-0.05, 0) is 31.2 Å². The number of sulfone groups is 1. The third-order valence-corrected chi connectivity index (χ3v) is 3.60. The lowest BCUT2D eigenvalue weighted by Gasteiger charge is -2.03. The first kappa shape index (κ1) is 15.9. The van der Waals surface area contributed by atoms with E-state index in [4.69, 9.17) is 0 Å². The van der Waals surface area contributed by atoms with Crippen molar-refractivity contribution in [3.05, 3.63) is 35.7 Å². The van der Waals surface area contributed by atoms with E-state index in [1.54, 1.807) is 6.92 Å². The minimum Gasteiger partial charge on any atom is -0.463 e. The third-order valence-electron chi connectivity index (χ3n) is 2.17. The Kier molecular flexibility index (Phi) is 5.45. The van der Waals surface area contributed by atoms with Gasteiger partial charge in [0.1, 0.15) is 0 Å². The second-order valence-corrected chi connectivity index (χ2v) is 5.64. The predicted octanol–water partition coefficient (Wildman–Crippen LogP) is 1.50. The molecular weight excluding hydrogens is 282 g/mol. The summed E-state index contributed by atoms with van der Waals surface area (Å²) in [5, 5.41) is 3.31. The number of benzene rings is 1. The summed E-state index contributed by atoms with van der Waals surface area (Å²) in [4.78, 5) is 21.9. The zero-order chi connectivity index (χ0) is 15.2. The van der Waals surface area contributed by atoms with Crippen molar-refractivity contribution in [3.8, 4) is 0 Å². The second-order valence-electron chi connectivity index (χ2n) is 3.81. The first-order valence-corrected chi connectivity index (χ1v) is 7.37. The Hall–Kier alpha value is -2.15. The van der Waals surface area contributed by atoms with Crippen LogP contribution in [0, 0.1) is 0 Å². The van der Waals surface area contributed by atoms with Gasteiger partial charge in [0.25, 0.3) is 0 Å². The van der Waals surface area contributed by atoms with Crippen LogP contribution in [0.25, 0.3) is 0 Å². The molecule has 0 atom stereocenters. The number of rotatable bonds is 5. The predicted molar refractivity (Wildman–Crippen MR) is 73.7 cm³/mol. The summed E-state index contributed by atoms with van der Waals surface area (Å²) in [6.45, 7) is 3.16. The van der Waals surface area contributed by atoms with Crippen molar-refractivity contribution >= 4 is 27.4 Å². The molecule has 6 nitrogen and oxygen atoms in total. The summed E-state index contributed by atoms with van der Waals surface area (Å²) >= 11 is 0. The molecule has 20 heavy (non-hydrogen) atoms. The van der Waals surface area contributed by atoms with Crippen molar-refractivity contribution in [2.75, 3.05) is 11.9 Å². The zero-order valence-electron chi connectivity index (χ0n) is 11.1. The molecule has 0 saturated carbocycles. The summed E-state index contributed by atoms with van der Waals surface area (Å²) in [6.07, 6.45) is 0.862. The number of anilines is 1. The van der Waals surface area contributed by atoms with Crippen LogP contribution in [-0.2, 0) is 24.2 Å². The Bertz CT molecular complexity index is 617. The third kappa shape index (κ3) is 4.85. The molecule has 1 aromatic carbocycles. The number of amides is 1. The monoisotopic (exact) mass is 297 g/mol. The lowest BCUT2D eigenvalue weighted by atomic mass is 10.3. The van der Waals surface area contributed by atoms with Crippen molar-refractivity contribution in [1.29, 1.82) is 0 Å². The van der Waals surface area contributed by atoms with E-state index < -0.39 is 15.8 Å². The van der Waals surface area contributed by atoms with Gasteiger partial charge in [-0.3, -0.25) is 4.79 Å².